The summed E-state index contributed by atoms with van der Waals surface area (Å²) in [5.41, 5.74) is -0.856. The highest BCUT2D eigenvalue weighted by atomic mass is 32.1. The molecular formula is C22H24F3N3O4S. The van der Waals surface area contributed by atoms with Crippen LogP contribution in [0, 0.1) is 11.3 Å². The topological polar surface area (TPSA) is 80.8 Å². The molecule has 2 saturated carbocycles. The van der Waals surface area contributed by atoms with Gasteiger partial charge in [0.25, 0.3) is 5.91 Å². The normalized spacial score (nSPS) is 20.8. The van der Waals surface area contributed by atoms with Gasteiger partial charge in [0.15, 0.2) is 0 Å². The molecule has 2 aromatic rings. The molecule has 1 saturated heterocycles. The number of ether oxygens (including phenoxy) is 2. The predicted molar refractivity (Wildman–Crippen MR) is 114 cm³/mol. The number of carbonyl (C=O) groups excluding carboxylic acids is 2. The van der Waals surface area contributed by atoms with Crippen LogP contribution in [0.4, 0.5) is 18.0 Å². The number of halogens is 3. The van der Waals surface area contributed by atoms with E-state index in [2.05, 4.69) is 10.3 Å². The summed E-state index contributed by atoms with van der Waals surface area (Å²) in [6, 6.07) is 0.904. The van der Waals surface area contributed by atoms with Crippen LogP contribution in [-0.2, 0) is 10.9 Å². The Kier molecular flexibility index (Phi) is 5.22. The first-order chi connectivity index (χ1) is 15.6. The molecule has 2 amide bonds. The molecule has 5 rings (SSSR count). The Morgan fingerprint density at radius 1 is 1.30 bits per heavy atom. The van der Waals surface area contributed by atoms with Gasteiger partial charge in [-0.3, -0.25) is 4.79 Å². The monoisotopic (exact) mass is 483 g/mol. The van der Waals surface area contributed by atoms with E-state index >= 15 is 0 Å². The third kappa shape index (κ3) is 4.11. The number of hydrogen-bond donors (Lipinski definition) is 1. The smallest absolute Gasteiger partial charge is 0.418 e. The van der Waals surface area contributed by atoms with Crippen LogP contribution >= 0.6 is 11.3 Å². The quantitative estimate of drug-likeness (QED) is 0.680. The second-order valence-corrected chi connectivity index (χ2v) is 10.2. The predicted octanol–water partition coefficient (Wildman–Crippen LogP) is 4.45. The summed E-state index contributed by atoms with van der Waals surface area (Å²) >= 11 is 0.835. The molecule has 1 unspecified atom stereocenters. The van der Waals surface area contributed by atoms with Crippen LogP contribution in [0.25, 0.3) is 10.2 Å². The summed E-state index contributed by atoms with van der Waals surface area (Å²) in [4.78, 5) is 30.2. The fraction of sp³-hybridized carbons (Fsp3) is 0.591. The van der Waals surface area contributed by atoms with E-state index in [1.54, 1.807) is 4.90 Å². The van der Waals surface area contributed by atoms with Gasteiger partial charge in [0.2, 0.25) is 5.88 Å². The average Bonchev–Trinajstić information content (AvgIpc) is 3.46. The number of hydrogen-bond acceptors (Lipinski definition) is 6. The van der Waals surface area contributed by atoms with E-state index in [4.69, 9.17) is 9.47 Å². The number of pyridine rings is 1. The van der Waals surface area contributed by atoms with Crippen LogP contribution in [0.1, 0.15) is 48.5 Å². The van der Waals surface area contributed by atoms with Crippen molar-refractivity contribution >= 4 is 33.6 Å². The summed E-state index contributed by atoms with van der Waals surface area (Å²) in [5, 5.41) is 3.80. The second-order valence-electron chi connectivity index (χ2n) is 9.34. The lowest BCUT2D eigenvalue weighted by Crippen LogP contribution is -2.66. The molecule has 0 aromatic carbocycles. The van der Waals surface area contributed by atoms with Gasteiger partial charge in [-0.15, -0.1) is 11.3 Å². The molecule has 1 spiro atoms. The van der Waals surface area contributed by atoms with E-state index in [0.29, 0.717) is 31.8 Å². The highest BCUT2D eigenvalue weighted by molar-refractivity contribution is 7.17. The standard InChI is InChI=1S/C22H24F3N3O4S/c1-11(12-3-4-12)31-20(30)28-9-21(10-28)6-13(7-21)32-16-5-15(22(23,24)25)18-17(27-16)14(8-33-18)19(29)26-2/h5,8,11-13H,3-4,6-7,9-10H2,1-2H3,(H,26,29). The molecule has 3 fully saturated rings. The van der Waals surface area contributed by atoms with E-state index in [0.717, 1.165) is 30.2 Å². The van der Waals surface area contributed by atoms with E-state index in [1.165, 1.54) is 12.4 Å². The van der Waals surface area contributed by atoms with Crippen LogP contribution in [0.3, 0.4) is 0 Å². The number of likely N-dealkylation sites (tertiary alicyclic amines) is 1. The van der Waals surface area contributed by atoms with Crippen molar-refractivity contribution in [3.63, 3.8) is 0 Å². The van der Waals surface area contributed by atoms with Crippen molar-refractivity contribution < 1.29 is 32.2 Å². The van der Waals surface area contributed by atoms with Gasteiger partial charge in [0.05, 0.1) is 21.3 Å². The van der Waals surface area contributed by atoms with Gasteiger partial charge in [0, 0.05) is 37.0 Å². The van der Waals surface area contributed by atoms with Gasteiger partial charge in [-0.25, -0.2) is 9.78 Å². The number of nitrogens with one attached hydrogen (secondary N) is 1. The SMILES string of the molecule is CNC(=O)c1csc2c(C(F)(F)F)cc(OC3CC4(C3)CN(C(=O)OC(C)C3CC3)C4)nc12. The number of fused-ring (bicyclic) bond motifs is 1. The van der Waals surface area contributed by atoms with Gasteiger partial charge < -0.3 is 19.7 Å². The van der Waals surface area contributed by atoms with E-state index < -0.39 is 17.6 Å². The summed E-state index contributed by atoms with van der Waals surface area (Å²) in [6.07, 6.45) is -1.80. The first-order valence-electron chi connectivity index (χ1n) is 10.9. The third-order valence-electron chi connectivity index (χ3n) is 6.77. The van der Waals surface area contributed by atoms with Gasteiger partial charge in [-0.1, -0.05) is 0 Å². The summed E-state index contributed by atoms with van der Waals surface area (Å²) in [7, 11) is 1.41. The first-order valence-corrected chi connectivity index (χ1v) is 11.8. The van der Waals surface area contributed by atoms with Crippen molar-refractivity contribution in [2.45, 2.75) is 51.0 Å². The summed E-state index contributed by atoms with van der Waals surface area (Å²) < 4.78 is 52.1. The molecule has 3 aliphatic rings. The van der Waals surface area contributed by atoms with Gasteiger partial charge in [-0.05, 0) is 38.5 Å². The van der Waals surface area contributed by atoms with Crippen LogP contribution in [0.15, 0.2) is 11.4 Å². The number of amides is 2. The van der Waals surface area contributed by atoms with Crippen molar-refractivity contribution in [3.8, 4) is 5.88 Å². The van der Waals surface area contributed by atoms with Gasteiger partial charge >= 0.3 is 12.3 Å². The van der Waals surface area contributed by atoms with Crippen LogP contribution in [0.2, 0.25) is 0 Å². The van der Waals surface area contributed by atoms with E-state index in [-0.39, 0.29) is 45.4 Å². The maximum Gasteiger partial charge on any atom is 0.418 e. The molecule has 33 heavy (non-hydrogen) atoms. The zero-order valence-corrected chi connectivity index (χ0v) is 19.0. The van der Waals surface area contributed by atoms with Crippen LogP contribution in [-0.4, -0.2) is 54.2 Å². The molecule has 7 nitrogen and oxygen atoms in total. The molecule has 1 aliphatic heterocycles. The van der Waals surface area contributed by atoms with Crippen LogP contribution in [0.5, 0.6) is 5.88 Å². The fourth-order valence-electron chi connectivity index (χ4n) is 4.76. The third-order valence-corrected chi connectivity index (χ3v) is 7.77. The molecule has 0 radical (unpaired) electrons. The second kappa shape index (κ2) is 7.75. The number of rotatable bonds is 5. The Hall–Kier alpha value is -2.56. The lowest BCUT2D eigenvalue weighted by molar-refractivity contribution is -0.136. The minimum absolute atomic E-state index is 0.0134. The number of aromatic nitrogens is 1. The molecule has 11 heteroatoms. The first kappa shape index (κ1) is 22.2. The van der Waals surface area contributed by atoms with Crippen molar-refractivity contribution in [2.75, 3.05) is 20.1 Å². The highest BCUT2D eigenvalue weighted by Gasteiger charge is 2.55. The lowest BCUT2D eigenvalue weighted by Gasteiger charge is -2.57. The van der Waals surface area contributed by atoms with Crippen molar-refractivity contribution in [1.29, 1.82) is 0 Å². The lowest BCUT2D eigenvalue weighted by atomic mass is 9.62. The maximum absolute atomic E-state index is 13.6. The Morgan fingerprint density at radius 3 is 2.61 bits per heavy atom. The minimum Gasteiger partial charge on any atom is -0.474 e. The van der Waals surface area contributed by atoms with Crippen molar-refractivity contribution in [3.05, 3.63) is 22.6 Å². The van der Waals surface area contributed by atoms with Crippen molar-refractivity contribution in [2.24, 2.45) is 11.3 Å². The zero-order chi connectivity index (χ0) is 23.5. The molecular weight excluding hydrogens is 459 g/mol. The molecule has 2 aromatic heterocycles. The number of nitrogens with zero attached hydrogens (tertiary/aromatic N) is 2. The zero-order valence-electron chi connectivity index (χ0n) is 18.2. The number of carbonyl (C=O) groups is 2. The van der Waals surface area contributed by atoms with Crippen LogP contribution < -0.4 is 10.1 Å². The fourth-order valence-corrected chi connectivity index (χ4v) is 5.78. The Balaban J connectivity index is 1.24. The van der Waals surface area contributed by atoms with E-state index in [9.17, 15) is 22.8 Å². The molecule has 1 atom stereocenters. The molecule has 178 valence electrons. The molecule has 2 aliphatic carbocycles. The molecule has 0 bridgehead atoms. The average molecular weight is 484 g/mol. The highest BCUT2D eigenvalue weighted by Crippen LogP contribution is 2.50. The van der Waals surface area contributed by atoms with Crippen molar-refractivity contribution in [1.82, 2.24) is 15.2 Å². The Bertz CT molecular complexity index is 1100. The Labute approximate surface area is 192 Å². The largest absolute Gasteiger partial charge is 0.474 e. The molecule has 3 heterocycles. The van der Waals surface area contributed by atoms with E-state index in [1.807, 2.05) is 6.92 Å². The summed E-state index contributed by atoms with van der Waals surface area (Å²) in [5.74, 6) is -0.171. The van der Waals surface area contributed by atoms with Gasteiger partial charge in [-0.2, -0.15) is 13.2 Å². The number of thiophene rings is 1. The Morgan fingerprint density at radius 2 is 2.00 bits per heavy atom. The molecule has 1 N–H and O–H groups in total. The maximum atomic E-state index is 13.6. The minimum atomic E-state index is -4.60. The number of alkyl halides is 3. The summed E-state index contributed by atoms with van der Waals surface area (Å²) in [6.45, 7) is 3.05. The van der Waals surface area contributed by atoms with Gasteiger partial charge in [0.1, 0.15) is 12.2 Å².